The van der Waals surface area contributed by atoms with Gasteiger partial charge in [0.15, 0.2) is 0 Å². The highest BCUT2D eigenvalue weighted by molar-refractivity contribution is 5.85. The standard InChI is InChI=1S/C16H25FN2O.ClH/c1-4-16(5-2,11-18)19-15(20)10-12(3)13-8-6-7-9-14(13)17;/h6-9,12H,4-5,10-11,18H2,1-3H3,(H,19,20);1H. The molecule has 0 radical (unpaired) electrons. The number of amides is 1. The molecule has 0 heterocycles. The van der Waals surface area contributed by atoms with Gasteiger partial charge in [-0.15, -0.1) is 12.4 Å². The van der Waals surface area contributed by atoms with Crippen LogP contribution in [0.3, 0.4) is 0 Å². The van der Waals surface area contributed by atoms with Gasteiger partial charge in [0.25, 0.3) is 0 Å². The quantitative estimate of drug-likeness (QED) is 0.810. The molecule has 1 atom stereocenters. The third kappa shape index (κ3) is 5.29. The van der Waals surface area contributed by atoms with Crippen molar-refractivity contribution in [2.45, 2.75) is 51.5 Å². The lowest BCUT2D eigenvalue weighted by Gasteiger charge is -2.32. The monoisotopic (exact) mass is 316 g/mol. The Morgan fingerprint density at radius 3 is 2.38 bits per heavy atom. The second-order valence-corrected chi connectivity index (χ2v) is 5.37. The van der Waals surface area contributed by atoms with Gasteiger partial charge in [-0.1, -0.05) is 39.0 Å². The van der Waals surface area contributed by atoms with Crippen LogP contribution in [0.4, 0.5) is 4.39 Å². The van der Waals surface area contributed by atoms with Crippen LogP contribution in [-0.4, -0.2) is 18.0 Å². The first-order chi connectivity index (χ1) is 9.48. The van der Waals surface area contributed by atoms with E-state index in [2.05, 4.69) is 5.32 Å². The zero-order chi connectivity index (χ0) is 15.2. The predicted octanol–water partition coefficient (Wildman–Crippen LogP) is 3.37. The van der Waals surface area contributed by atoms with Gasteiger partial charge in [-0.2, -0.15) is 0 Å². The van der Waals surface area contributed by atoms with Crippen molar-refractivity contribution in [3.05, 3.63) is 35.6 Å². The van der Waals surface area contributed by atoms with Crippen LogP contribution in [0.25, 0.3) is 0 Å². The second kappa shape index (κ2) is 9.00. The summed E-state index contributed by atoms with van der Waals surface area (Å²) in [6.07, 6.45) is 1.85. The van der Waals surface area contributed by atoms with Crippen LogP contribution in [0, 0.1) is 5.82 Å². The molecule has 0 bridgehead atoms. The fourth-order valence-corrected chi connectivity index (χ4v) is 2.38. The minimum atomic E-state index is -0.341. The van der Waals surface area contributed by atoms with Gasteiger partial charge in [-0.05, 0) is 30.4 Å². The van der Waals surface area contributed by atoms with E-state index in [1.807, 2.05) is 20.8 Å². The molecule has 0 saturated carbocycles. The van der Waals surface area contributed by atoms with E-state index in [0.717, 1.165) is 12.8 Å². The first-order valence-corrected chi connectivity index (χ1v) is 7.23. The van der Waals surface area contributed by atoms with E-state index in [9.17, 15) is 9.18 Å². The zero-order valence-electron chi connectivity index (χ0n) is 13.0. The van der Waals surface area contributed by atoms with Crippen LogP contribution in [0.2, 0.25) is 0 Å². The van der Waals surface area contributed by atoms with Gasteiger partial charge in [0, 0.05) is 13.0 Å². The molecule has 21 heavy (non-hydrogen) atoms. The number of halogens is 2. The number of hydrogen-bond donors (Lipinski definition) is 2. The van der Waals surface area contributed by atoms with Crippen molar-refractivity contribution >= 4 is 18.3 Å². The summed E-state index contributed by atoms with van der Waals surface area (Å²) in [5.41, 5.74) is 6.00. The number of carbonyl (C=O) groups excluding carboxylic acids is 1. The highest BCUT2D eigenvalue weighted by Crippen LogP contribution is 2.22. The fourth-order valence-electron chi connectivity index (χ4n) is 2.38. The van der Waals surface area contributed by atoms with E-state index in [4.69, 9.17) is 5.73 Å². The van der Waals surface area contributed by atoms with E-state index in [1.54, 1.807) is 18.2 Å². The molecule has 120 valence electrons. The minimum Gasteiger partial charge on any atom is -0.349 e. The summed E-state index contributed by atoms with van der Waals surface area (Å²) in [5, 5.41) is 3.01. The molecule has 0 saturated heterocycles. The summed E-state index contributed by atoms with van der Waals surface area (Å²) in [6, 6.07) is 6.59. The van der Waals surface area contributed by atoms with Crippen LogP contribution in [0.1, 0.15) is 51.5 Å². The van der Waals surface area contributed by atoms with Gasteiger partial charge in [0.1, 0.15) is 5.82 Å². The van der Waals surface area contributed by atoms with Crippen molar-refractivity contribution in [3.8, 4) is 0 Å². The average molecular weight is 317 g/mol. The number of carbonyl (C=O) groups is 1. The van der Waals surface area contributed by atoms with Crippen LogP contribution in [-0.2, 0) is 4.79 Å². The smallest absolute Gasteiger partial charge is 0.221 e. The highest BCUT2D eigenvalue weighted by atomic mass is 35.5. The Balaban J connectivity index is 0.00000400. The van der Waals surface area contributed by atoms with Gasteiger partial charge in [-0.25, -0.2) is 4.39 Å². The first-order valence-electron chi connectivity index (χ1n) is 7.23. The maximum atomic E-state index is 13.7. The van der Waals surface area contributed by atoms with E-state index in [0.29, 0.717) is 12.1 Å². The molecular formula is C16H26ClFN2O. The molecule has 1 unspecified atom stereocenters. The fraction of sp³-hybridized carbons (Fsp3) is 0.562. The maximum absolute atomic E-state index is 13.7. The number of hydrogen-bond acceptors (Lipinski definition) is 2. The minimum absolute atomic E-state index is 0. The Morgan fingerprint density at radius 1 is 1.33 bits per heavy atom. The van der Waals surface area contributed by atoms with Crippen LogP contribution in [0.15, 0.2) is 24.3 Å². The number of nitrogens with one attached hydrogen (secondary N) is 1. The van der Waals surface area contributed by atoms with Crippen LogP contribution >= 0.6 is 12.4 Å². The molecule has 0 aliphatic rings. The Bertz CT molecular complexity index is 441. The highest BCUT2D eigenvalue weighted by Gasteiger charge is 2.27. The van der Waals surface area contributed by atoms with Crippen molar-refractivity contribution in [3.63, 3.8) is 0 Å². The summed E-state index contributed by atoms with van der Waals surface area (Å²) in [7, 11) is 0. The van der Waals surface area contributed by atoms with E-state index >= 15 is 0 Å². The Kier molecular flexibility index (Phi) is 8.52. The molecule has 0 aliphatic carbocycles. The molecule has 3 N–H and O–H groups in total. The zero-order valence-corrected chi connectivity index (χ0v) is 13.8. The molecule has 1 aromatic rings. The lowest BCUT2D eigenvalue weighted by Crippen LogP contribution is -2.53. The summed E-state index contributed by atoms with van der Waals surface area (Å²) in [6.45, 7) is 6.30. The van der Waals surface area contributed by atoms with Crippen LogP contribution in [0.5, 0.6) is 0 Å². The molecule has 0 fully saturated rings. The summed E-state index contributed by atoms with van der Waals surface area (Å²) < 4.78 is 13.7. The van der Waals surface area contributed by atoms with E-state index in [-0.39, 0.29) is 42.0 Å². The predicted molar refractivity (Wildman–Crippen MR) is 87.2 cm³/mol. The molecule has 3 nitrogen and oxygen atoms in total. The third-order valence-corrected chi connectivity index (χ3v) is 4.08. The Labute approximate surface area is 132 Å². The molecular weight excluding hydrogens is 291 g/mol. The largest absolute Gasteiger partial charge is 0.349 e. The van der Waals surface area contributed by atoms with Gasteiger partial charge >= 0.3 is 0 Å². The SMILES string of the molecule is CCC(CC)(CN)NC(=O)CC(C)c1ccccc1F.Cl. The van der Waals surface area contributed by atoms with Gasteiger partial charge in [0.05, 0.1) is 5.54 Å². The Morgan fingerprint density at radius 2 is 1.90 bits per heavy atom. The molecule has 0 aromatic heterocycles. The topological polar surface area (TPSA) is 55.1 Å². The summed E-state index contributed by atoms with van der Waals surface area (Å²) in [4.78, 5) is 12.1. The normalized spacial score (nSPS) is 12.4. The van der Waals surface area contributed by atoms with E-state index < -0.39 is 0 Å². The lowest BCUT2D eigenvalue weighted by atomic mass is 9.91. The molecule has 0 spiro atoms. The molecule has 0 aliphatic heterocycles. The third-order valence-electron chi connectivity index (χ3n) is 4.08. The van der Waals surface area contributed by atoms with Gasteiger partial charge in [-0.3, -0.25) is 4.79 Å². The molecule has 1 rings (SSSR count). The average Bonchev–Trinajstić information content (AvgIpc) is 2.45. The summed E-state index contributed by atoms with van der Waals surface area (Å²) in [5.74, 6) is -0.487. The maximum Gasteiger partial charge on any atom is 0.221 e. The van der Waals surface area contributed by atoms with Crippen molar-refractivity contribution < 1.29 is 9.18 Å². The Hall–Kier alpha value is -1.13. The van der Waals surface area contributed by atoms with Gasteiger partial charge in [0.2, 0.25) is 5.91 Å². The lowest BCUT2D eigenvalue weighted by molar-refractivity contribution is -0.123. The van der Waals surface area contributed by atoms with Gasteiger partial charge < -0.3 is 11.1 Å². The number of benzene rings is 1. The van der Waals surface area contributed by atoms with Crippen molar-refractivity contribution in [1.29, 1.82) is 0 Å². The van der Waals surface area contributed by atoms with Crippen molar-refractivity contribution in [2.75, 3.05) is 6.54 Å². The number of nitrogens with two attached hydrogens (primary N) is 1. The van der Waals surface area contributed by atoms with Crippen molar-refractivity contribution in [1.82, 2.24) is 5.32 Å². The first kappa shape index (κ1) is 19.9. The molecule has 1 aromatic carbocycles. The molecule has 1 amide bonds. The van der Waals surface area contributed by atoms with Crippen molar-refractivity contribution in [2.24, 2.45) is 5.73 Å². The molecule has 5 heteroatoms. The van der Waals surface area contributed by atoms with E-state index in [1.165, 1.54) is 6.07 Å². The van der Waals surface area contributed by atoms with Crippen LogP contribution < -0.4 is 11.1 Å². The second-order valence-electron chi connectivity index (χ2n) is 5.37. The summed E-state index contributed by atoms with van der Waals surface area (Å²) >= 11 is 0. The number of rotatable bonds is 7.